The maximum absolute atomic E-state index is 3.59. The van der Waals surface area contributed by atoms with Gasteiger partial charge < -0.3 is 5.32 Å². The zero-order valence-corrected chi connectivity index (χ0v) is 13.2. The molecule has 108 valence electrons. The Bertz CT molecular complexity index is 196. The fourth-order valence-electron chi connectivity index (χ4n) is 2.06. The molecule has 0 aromatic carbocycles. The Morgan fingerprint density at radius 3 is 2.17 bits per heavy atom. The van der Waals surface area contributed by atoms with E-state index in [1.165, 1.54) is 63.5 Å². The van der Waals surface area contributed by atoms with Crippen molar-refractivity contribution in [3.05, 3.63) is 11.8 Å². The molecule has 0 aliphatic heterocycles. The molecule has 18 heavy (non-hydrogen) atoms. The summed E-state index contributed by atoms with van der Waals surface area (Å²) in [4.78, 5) is 0. The quantitative estimate of drug-likeness (QED) is 0.442. The first kappa shape index (κ1) is 17.5. The molecule has 0 radical (unpaired) electrons. The van der Waals surface area contributed by atoms with Crippen LogP contribution in [-0.4, -0.2) is 6.54 Å². The van der Waals surface area contributed by atoms with Crippen molar-refractivity contribution in [3.8, 4) is 0 Å². The molecule has 0 saturated heterocycles. The molecule has 1 atom stereocenters. The van der Waals surface area contributed by atoms with E-state index >= 15 is 0 Å². The van der Waals surface area contributed by atoms with Crippen LogP contribution in [0.3, 0.4) is 0 Å². The molecule has 1 N–H and O–H groups in total. The highest BCUT2D eigenvalue weighted by atomic mass is 14.9. The minimum Gasteiger partial charge on any atom is -0.388 e. The molecular formula is C17H35N. The van der Waals surface area contributed by atoms with Crippen molar-refractivity contribution in [2.24, 2.45) is 5.92 Å². The summed E-state index contributed by atoms with van der Waals surface area (Å²) in [6, 6.07) is 0. The summed E-state index contributed by atoms with van der Waals surface area (Å²) in [5.74, 6) is 0.786. The molecule has 0 saturated carbocycles. The predicted octanol–water partition coefficient (Wildman–Crippen LogP) is 5.67. The zero-order chi connectivity index (χ0) is 13.6. The van der Waals surface area contributed by atoms with E-state index in [0.29, 0.717) is 0 Å². The molecule has 0 aliphatic carbocycles. The van der Waals surface area contributed by atoms with E-state index in [2.05, 4.69) is 39.1 Å². The lowest BCUT2D eigenvalue weighted by Gasteiger charge is -2.14. The lowest BCUT2D eigenvalue weighted by Crippen LogP contribution is -2.20. The van der Waals surface area contributed by atoms with Crippen molar-refractivity contribution < 1.29 is 0 Å². The predicted molar refractivity (Wildman–Crippen MR) is 83.8 cm³/mol. The Balaban J connectivity index is 3.45. The largest absolute Gasteiger partial charge is 0.388 e. The average Bonchev–Trinajstić information content (AvgIpc) is 2.40. The zero-order valence-electron chi connectivity index (χ0n) is 13.2. The van der Waals surface area contributed by atoms with Gasteiger partial charge in [0.15, 0.2) is 0 Å². The Morgan fingerprint density at radius 1 is 1.00 bits per heavy atom. The first-order valence-corrected chi connectivity index (χ1v) is 8.13. The normalized spacial score (nSPS) is 13.7. The van der Waals surface area contributed by atoms with Crippen molar-refractivity contribution in [1.29, 1.82) is 0 Å². The van der Waals surface area contributed by atoms with Crippen LogP contribution in [0.2, 0.25) is 0 Å². The van der Waals surface area contributed by atoms with Crippen LogP contribution in [0.15, 0.2) is 11.8 Å². The minimum absolute atomic E-state index is 0.786. The van der Waals surface area contributed by atoms with Crippen LogP contribution in [0.5, 0.6) is 0 Å². The monoisotopic (exact) mass is 253 g/mol. The molecule has 0 aromatic rings. The van der Waals surface area contributed by atoms with Crippen molar-refractivity contribution >= 4 is 0 Å². The van der Waals surface area contributed by atoms with E-state index < -0.39 is 0 Å². The Labute approximate surface area is 115 Å². The molecule has 0 aromatic heterocycles. The number of hydrogen-bond donors (Lipinski definition) is 1. The number of allylic oxidation sites excluding steroid dienone is 2. The third kappa shape index (κ3) is 10.7. The van der Waals surface area contributed by atoms with Gasteiger partial charge in [-0.15, -0.1) is 0 Å². The second-order valence-electron chi connectivity index (χ2n) is 5.58. The maximum Gasteiger partial charge on any atom is 0.0169 e. The van der Waals surface area contributed by atoms with Gasteiger partial charge in [-0.25, -0.2) is 0 Å². The Kier molecular flexibility index (Phi) is 12.7. The number of hydrogen-bond acceptors (Lipinski definition) is 1. The van der Waals surface area contributed by atoms with Crippen LogP contribution in [-0.2, 0) is 0 Å². The van der Waals surface area contributed by atoms with E-state index in [0.717, 1.165) is 12.5 Å². The smallest absolute Gasteiger partial charge is 0.0169 e. The van der Waals surface area contributed by atoms with Gasteiger partial charge in [-0.2, -0.15) is 0 Å². The van der Waals surface area contributed by atoms with Gasteiger partial charge in [-0.3, -0.25) is 0 Å². The van der Waals surface area contributed by atoms with Crippen LogP contribution >= 0.6 is 0 Å². The highest BCUT2D eigenvalue weighted by Gasteiger charge is 2.00. The summed E-state index contributed by atoms with van der Waals surface area (Å²) in [6.07, 6.45) is 14.5. The maximum atomic E-state index is 3.59. The van der Waals surface area contributed by atoms with Gasteiger partial charge in [0.1, 0.15) is 0 Å². The third-order valence-electron chi connectivity index (χ3n) is 3.77. The topological polar surface area (TPSA) is 12.0 Å². The summed E-state index contributed by atoms with van der Waals surface area (Å²) >= 11 is 0. The van der Waals surface area contributed by atoms with Gasteiger partial charge in [0.25, 0.3) is 0 Å². The van der Waals surface area contributed by atoms with Crippen molar-refractivity contribution in [2.45, 2.75) is 85.5 Å². The van der Waals surface area contributed by atoms with Crippen molar-refractivity contribution in [2.75, 3.05) is 6.54 Å². The molecular weight excluding hydrogens is 218 g/mol. The number of rotatable bonds is 12. The lowest BCUT2D eigenvalue weighted by molar-refractivity contribution is 0.516. The molecule has 0 fully saturated rings. The molecule has 0 spiro atoms. The van der Waals surface area contributed by atoms with Gasteiger partial charge in [-0.05, 0) is 25.7 Å². The van der Waals surface area contributed by atoms with Gasteiger partial charge in [0, 0.05) is 12.2 Å². The minimum atomic E-state index is 0.786. The highest BCUT2D eigenvalue weighted by molar-refractivity contribution is 4.97. The molecule has 1 heteroatoms. The number of unbranched alkanes of at least 4 members (excludes halogenated alkanes) is 6. The molecule has 0 heterocycles. The van der Waals surface area contributed by atoms with Crippen molar-refractivity contribution in [1.82, 2.24) is 5.32 Å². The van der Waals surface area contributed by atoms with Crippen molar-refractivity contribution in [3.63, 3.8) is 0 Å². The van der Waals surface area contributed by atoms with Crippen LogP contribution in [0.25, 0.3) is 0 Å². The summed E-state index contributed by atoms with van der Waals surface area (Å²) in [5.41, 5.74) is 1.45. The van der Waals surface area contributed by atoms with E-state index in [4.69, 9.17) is 0 Å². The molecule has 1 nitrogen and oxygen atoms in total. The summed E-state index contributed by atoms with van der Waals surface area (Å²) in [5, 5.41) is 3.59. The van der Waals surface area contributed by atoms with Crippen LogP contribution in [0, 0.1) is 5.92 Å². The third-order valence-corrected chi connectivity index (χ3v) is 3.77. The van der Waals surface area contributed by atoms with Crippen LogP contribution < -0.4 is 5.32 Å². The molecule has 0 rings (SSSR count). The summed E-state index contributed by atoms with van der Waals surface area (Å²) in [7, 11) is 0. The van der Waals surface area contributed by atoms with Crippen LogP contribution in [0.1, 0.15) is 85.5 Å². The number of nitrogens with one attached hydrogen (secondary N) is 1. The second kappa shape index (κ2) is 13.0. The Hall–Kier alpha value is -0.460. The van der Waals surface area contributed by atoms with Crippen LogP contribution in [0.4, 0.5) is 0 Å². The molecule has 1 unspecified atom stereocenters. The first-order valence-electron chi connectivity index (χ1n) is 8.13. The van der Waals surface area contributed by atoms with E-state index in [-0.39, 0.29) is 0 Å². The second-order valence-corrected chi connectivity index (χ2v) is 5.58. The molecule has 0 bridgehead atoms. The van der Waals surface area contributed by atoms with Gasteiger partial charge in [0.2, 0.25) is 0 Å². The standard InChI is InChI=1S/C17H35N/c1-5-8-9-10-11-12-13-14-17(7-3)18-15-16(4)6-2/h7,16,18H,5-6,8-15H2,1-4H3/b17-7+. The first-order chi connectivity index (χ1) is 8.74. The SMILES string of the molecule is C/C=C(\CCCCCCCCC)NCC(C)CC. The highest BCUT2D eigenvalue weighted by Crippen LogP contribution is 2.11. The summed E-state index contributed by atoms with van der Waals surface area (Å²) < 4.78 is 0. The van der Waals surface area contributed by atoms with Gasteiger partial charge in [-0.1, -0.05) is 71.8 Å². The van der Waals surface area contributed by atoms with Gasteiger partial charge >= 0.3 is 0 Å². The van der Waals surface area contributed by atoms with E-state index in [1.807, 2.05) is 0 Å². The van der Waals surface area contributed by atoms with E-state index in [1.54, 1.807) is 0 Å². The molecule has 0 aliphatic rings. The summed E-state index contributed by atoms with van der Waals surface area (Å²) in [6.45, 7) is 10.1. The van der Waals surface area contributed by atoms with E-state index in [9.17, 15) is 0 Å². The fraction of sp³-hybridized carbons (Fsp3) is 0.882. The lowest BCUT2D eigenvalue weighted by atomic mass is 10.1. The van der Waals surface area contributed by atoms with Gasteiger partial charge in [0.05, 0.1) is 0 Å². The fourth-order valence-corrected chi connectivity index (χ4v) is 2.06. The molecule has 0 amide bonds. The average molecular weight is 253 g/mol. The Morgan fingerprint density at radius 2 is 1.61 bits per heavy atom.